The Balaban J connectivity index is 0.000000134. The predicted molar refractivity (Wildman–Crippen MR) is 433 cm³/mol. The third kappa shape index (κ3) is 21.8. The van der Waals surface area contributed by atoms with Gasteiger partial charge in [-0.15, -0.1) is 0 Å². The van der Waals surface area contributed by atoms with E-state index in [2.05, 4.69) is 105 Å². The number of nitrogens with two attached hydrogens (primary N) is 2. The molecule has 24 nitrogen and oxygen atoms in total. The zero-order chi connectivity index (χ0) is 80.2. The number of aromatic nitrogens is 16. The molecule has 0 spiro atoms. The Bertz CT molecular complexity index is 5030. The van der Waals surface area contributed by atoms with Gasteiger partial charge in [-0.2, -0.15) is 20.4 Å². The van der Waals surface area contributed by atoms with Crippen molar-refractivity contribution in [2.24, 2.45) is 35.1 Å². The van der Waals surface area contributed by atoms with E-state index in [9.17, 15) is 17.6 Å². The minimum Gasteiger partial charge on any atom is -0.489 e. The summed E-state index contributed by atoms with van der Waals surface area (Å²) in [7, 11) is 0. The van der Waals surface area contributed by atoms with Gasteiger partial charge in [-0.3, -0.25) is 0 Å². The average Bonchev–Trinajstić information content (AvgIpc) is 1.69. The first kappa shape index (κ1) is 81.8. The molecule has 16 rings (SSSR count). The van der Waals surface area contributed by atoms with Gasteiger partial charge in [-0.25, -0.2) is 76.2 Å². The highest BCUT2D eigenvalue weighted by atomic mass is 19.1. The summed E-state index contributed by atoms with van der Waals surface area (Å²) in [5.41, 5.74) is 20.2. The second-order valence-electron chi connectivity index (χ2n) is 30.7. The molecule has 12 aromatic rings. The topological polar surface area (TPSA) is 279 Å². The number of halogens is 4. The van der Waals surface area contributed by atoms with E-state index in [1.54, 1.807) is 135 Å². The lowest BCUT2D eigenvalue weighted by Crippen LogP contribution is -2.39. The van der Waals surface area contributed by atoms with Gasteiger partial charge in [0.2, 0.25) is 0 Å². The summed E-state index contributed by atoms with van der Waals surface area (Å²) in [5, 5.41) is 20.8. The molecule has 602 valence electrons. The van der Waals surface area contributed by atoms with Crippen LogP contribution in [0.4, 0.5) is 17.6 Å². The Labute approximate surface area is 668 Å². The number of ether oxygens (including phenoxy) is 4. The Morgan fingerprint density at radius 3 is 1.27 bits per heavy atom. The number of nitrogens with one attached hydrogen (secondary N) is 1. The number of rotatable bonds is 23. The van der Waals surface area contributed by atoms with E-state index in [1.165, 1.54) is 81.1 Å². The zero-order valence-electron chi connectivity index (χ0n) is 66.0. The zero-order valence-corrected chi connectivity index (χ0v) is 66.0. The molecule has 4 aliphatic rings. The van der Waals surface area contributed by atoms with Crippen LogP contribution in [0.5, 0.6) is 23.0 Å². The summed E-state index contributed by atoms with van der Waals surface area (Å²) < 4.78 is 87.0. The van der Waals surface area contributed by atoms with Crippen molar-refractivity contribution in [2.75, 3.05) is 32.9 Å². The van der Waals surface area contributed by atoms with Gasteiger partial charge in [0.1, 0.15) is 94.1 Å². The molecule has 4 fully saturated rings. The second kappa shape index (κ2) is 39.7. The minimum atomic E-state index is -0.333. The van der Waals surface area contributed by atoms with Crippen molar-refractivity contribution in [3.8, 4) is 90.8 Å². The van der Waals surface area contributed by atoms with Crippen LogP contribution in [-0.4, -0.2) is 153 Å². The number of hydrogen-bond acceptors (Lipinski definition) is 20. The molecule has 0 radical (unpaired) electrons. The van der Waals surface area contributed by atoms with E-state index >= 15 is 0 Å². The maximum atomic E-state index is 14.3. The maximum absolute atomic E-state index is 14.3. The Kier molecular flexibility index (Phi) is 28.2. The SMILES string of the molecule is CC(C)N1CCC(COc2cncnc2-c2cnn(-c3ccccc3F)c2)CC1.CC(C)NC1CCC(COc2cncnc2-c2cnn(-c3ccccc3F)c2)CC1.CC(Oc1cncnc1-c1cnn(-c2ccccc2F)c1)C1CCC(N)CC1.Cc1cccc(F)c1-n1cc(-c2ncncc2OC[C@H]2CCC[C@@H](N)C2)cn1. The summed E-state index contributed by atoms with van der Waals surface area (Å²) in [6, 6.07) is 26.9. The summed E-state index contributed by atoms with van der Waals surface area (Å²) in [6.07, 6.45) is 41.8. The van der Waals surface area contributed by atoms with Gasteiger partial charge in [0.15, 0.2) is 23.0 Å². The molecule has 9 heterocycles. The first-order valence-corrected chi connectivity index (χ1v) is 39.9. The maximum Gasteiger partial charge on any atom is 0.164 e. The molecule has 115 heavy (non-hydrogen) atoms. The van der Waals surface area contributed by atoms with Crippen molar-refractivity contribution in [2.45, 2.75) is 168 Å². The number of nitrogens with zero attached hydrogens (tertiary/aromatic N) is 17. The highest BCUT2D eigenvalue weighted by Crippen LogP contribution is 2.37. The van der Waals surface area contributed by atoms with E-state index in [1.807, 2.05) is 13.0 Å². The van der Waals surface area contributed by atoms with Crippen molar-refractivity contribution < 1.29 is 36.5 Å². The van der Waals surface area contributed by atoms with E-state index in [4.69, 9.17) is 30.4 Å². The molecule has 5 N–H and O–H groups in total. The Hall–Kier alpha value is -11.2. The van der Waals surface area contributed by atoms with Crippen molar-refractivity contribution in [3.63, 3.8) is 0 Å². The molecule has 1 aliphatic heterocycles. The fourth-order valence-corrected chi connectivity index (χ4v) is 15.3. The monoisotopic (exact) mass is 1570 g/mol. The molecular formula is C87H102F4N20O4. The quantitative estimate of drug-likeness (QED) is 0.0502. The van der Waals surface area contributed by atoms with E-state index in [0.717, 1.165) is 118 Å². The number of hydrogen-bond donors (Lipinski definition) is 3. The Morgan fingerprint density at radius 2 is 0.835 bits per heavy atom. The second-order valence-corrected chi connectivity index (χ2v) is 30.7. The molecule has 0 bridgehead atoms. The third-order valence-corrected chi connectivity index (χ3v) is 21.7. The van der Waals surface area contributed by atoms with Gasteiger partial charge >= 0.3 is 0 Å². The fraction of sp³-hybridized carbons (Fsp3) is 0.402. The lowest BCUT2D eigenvalue weighted by Gasteiger charge is -2.34. The first-order valence-electron chi connectivity index (χ1n) is 39.9. The molecular weight excluding hydrogens is 1470 g/mol. The van der Waals surface area contributed by atoms with Crippen LogP contribution < -0.4 is 35.7 Å². The molecule has 3 saturated carbocycles. The minimum absolute atomic E-state index is 0.0406. The van der Waals surface area contributed by atoms with E-state index < -0.39 is 0 Å². The molecule has 1 saturated heterocycles. The number of aryl methyl sites for hydroxylation is 1. The van der Waals surface area contributed by atoms with Crippen molar-refractivity contribution >= 4 is 0 Å². The first-order chi connectivity index (χ1) is 55.9. The number of para-hydroxylation sites is 4. The highest BCUT2D eigenvalue weighted by molar-refractivity contribution is 5.67. The summed E-state index contributed by atoms with van der Waals surface area (Å²) in [6.45, 7) is 16.9. The van der Waals surface area contributed by atoms with Crippen LogP contribution in [0.1, 0.15) is 130 Å². The lowest BCUT2D eigenvalue weighted by molar-refractivity contribution is 0.119. The summed E-state index contributed by atoms with van der Waals surface area (Å²) in [5.74, 6) is 3.15. The van der Waals surface area contributed by atoms with Crippen molar-refractivity contribution in [1.82, 2.24) is 89.2 Å². The standard InChI is InChI=1S/C23H28FN5O.C22H26FN5O.2C21H24FN5O/c1-16(2)28-19-9-7-17(8-10-19)14-30-22-12-25-15-26-23(22)18-11-27-29(13-18)21-6-4-3-5-20(21)24;1-16(2)27-9-7-17(8-10-27)14-29-21-12-24-15-25-22(21)18-11-26-28(13-18)20-6-4-3-5-19(20)23;1-14-4-2-7-18(22)21(14)27-11-16(9-26-27)20-19(10-24-13-25-20)28-12-15-5-3-6-17(23)8-15;1-14(15-6-8-17(23)9-7-15)28-20-11-24-13-25-21(20)16-10-26-27(12-16)19-5-3-2-4-18(19)22/h3-6,11-13,15-17,19,28H,7-10,14H2,1-2H3;3-6,11-13,15-17H,7-10,14H2,1-2H3;2,4,7,9-11,13,15,17H,3,5-6,8,12,23H2,1H3;2-5,10-15,17H,6-9,23H2,1H3/t;;15-,17+;/m..0./s1. The van der Waals surface area contributed by atoms with Crippen LogP contribution in [0.15, 0.2) is 191 Å². The highest BCUT2D eigenvalue weighted by Gasteiger charge is 2.29. The van der Waals surface area contributed by atoms with Crippen molar-refractivity contribution in [3.05, 3.63) is 219 Å². The normalized spacial score (nSPS) is 18.8. The number of benzene rings is 4. The smallest absolute Gasteiger partial charge is 0.164 e. The van der Waals surface area contributed by atoms with Gasteiger partial charge in [-0.1, -0.05) is 68.8 Å². The van der Waals surface area contributed by atoms with Gasteiger partial charge in [0.25, 0.3) is 0 Å². The Morgan fingerprint density at radius 1 is 0.426 bits per heavy atom. The van der Waals surface area contributed by atoms with Gasteiger partial charge in [0.05, 0.1) is 75.5 Å². The molecule has 4 aromatic carbocycles. The van der Waals surface area contributed by atoms with E-state index in [0.29, 0.717) is 136 Å². The van der Waals surface area contributed by atoms with Crippen molar-refractivity contribution in [1.29, 1.82) is 0 Å². The summed E-state index contributed by atoms with van der Waals surface area (Å²) >= 11 is 0. The van der Waals surface area contributed by atoms with Crippen LogP contribution in [-0.2, 0) is 0 Å². The summed E-state index contributed by atoms with van der Waals surface area (Å²) in [4.78, 5) is 36.5. The molecule has 3 atom stereocenters. The number of likely N-dealkylation sites (tertiary alicyclic amines) is 1. The number of piperidine rings is 1. The largest absolute Gasteiger partial charge is 0.489 e. The van der Waals surface area contributed by atoms with Gasteiger partial charge in [0, 0.05) is 77.3 Å². The third-order valence-electron chi connectivity index (χ3n) is 21.7. The molecule has 8 aromatic heterocycles. The van der Waals surface area contributed by atoms with E-state index in [-0.39, 0.29) is 35.4 Å². The van der Waals surface area contributed by atoms with Gasteiger partial charge in [-0.05, 0) is 196 Å². The van der Waals surface area contributed by atoms with Crippen LogP contribution >= 0.6 is 0 Å². The van der Waals surface area contributed by atoms with Crippen LogP contribution in [0.2, 0.25) is 0 Å². The molecule has 0 amide bonds. The fourth-order valence-electron chi connectivity index (χ4n) is 15.3. The molecule has 3 aliphatic carbocycles. The lowest BCUT2D eigenvalue weighted by atomic mass is 9.83. The van der Waals surface area contributed by atoms with Crippen LogP contribution in [0.25, 0.3) is 67.8 Å². The van der Waals surface area contributed by atoms with Crippen LogP contribution in [0.3, 0.4) is 0 Å². The molecule has 28 heteroatoms. The molecule has 1 unspecified atom stereocenters. The van der Waals surface area contributed by atoms with Crippen LogP contribution in [0, 0.1) is 53.9 Å². The van der Waals surface area contributed by atoms with Gasteiger partial charge < -0.3 is 40.6 Å². The average molecular weight is 1570 g/mol. The predicted octanol–water partition coefficient (Wildman–Crippen LogP) is 15.8.